The molecule has 8 heteroatoms. The monoisotopic (exact) mass is 464 g/mol. The summed E-state index contributed by atoms with van der Waals surface area (Å²) in [6, 6.07) is 4.34. The average molecular weight is 465 g/mol. The van der Waals surface area contributed by atoms with Crippen LogP contribution in [0.5, 0.6) is 5.75 Å². The van der Waals surface area contributed by atoms with Gasteiger partial charge in [-0.25, -0.2) is 4.79 Å². The molecule has 1 aromatic carbocycles. The molecule has 184 valence electrons. The summed E-state index contributed by atoms with van der Waals surface area (Å²) in [4.78, 5) is 36.1. The number of aliphatic hydroxyl groups is 1. The number of carbonyl (C=O) groups is 3. The number of hydrogen-bond acceptors (Lipinski definition) is 8. The van der Waals surface area contributed by atoms with Crippen LogP contribution in [0, 0.1) is 11.8 Å². The van der Waals surface area contributed by atoms with Crippen LogP contribution < -0.4 is 0 Å². The summed E-state index contributed by atoms with van der Waals surface area (Å²) in [6.07, 6.45) is 2.77. The van der Waals surface area contributed by atoms with Gasteiger partial charge in [-0.15, -0.1) is 0 Å². The highest BCUT2D eigenvalue weighted by Gasteiger charge is 2.36. The molecule has 8 nitrogen and oxygen atoms in total. The Labute approximate surface area is 195 Å². The molecule has 3 atom stereocenters. The third-order valence-corrected chi connectivity index (χ3v) is 5.62. The molecular formula is C25H36O8. The van der Waals surface area contributed by atoms with Crippen LogP contribution in [-0.4, -0.2) is 41.3 Å². The highest BCUT2D eigenvalue weighted by atomic mass is 16.6. The SMILES string of the molecule is CC=C(C)C(=O)OC[C@](O)(COC(=O)[C@H](C)CC)c1ccc(COC(=O)[C@H](C)CC)cc1O. The molecule has 0 heterocycles. The number of phenols is 1. The van der Waals surface area contributed by atoms with Crippen LogP contribution in [-0.2, 0) is 40.8 Å². The van der Waals surface area contributed by atoms with Gasteiger partial charge in [0.1, 0.15) is 25.6 Å². The molecule has 0 aromatic heterocycles. The Hall–Kier alpha value is -2.87. The molecule has 0 amide bonds. The topological polar surface area (TPSA) is 119 Å². The zero-order chi connectivity index (χ0) is 25.2. The highest BCUT2D eigenvalue weighted by molar-refractivity contribution is 5.87. The van der Waals surface area contributed by atoms with E-state index in [0.717, 1.165) is 0 Å². The van der Waals surface area contributed by atoms with Crippen molar-refractivity contribution in [2.75, 3.05) is 13.2 Å². The third-order valence-electron chi connectivity index (χ3n) is 5.62. The van der Waals surface area contributed by atoms with Gasteiger partial charge in [-0.1, -0.05) is 45.9 Å². The highest BCUT2D eigenvalue weighted by Crippen LogP contribution is 2.32. The summed E-state index contributed by atoms with van der Waals surface area (Å²) in [7, 11) is 0. The molecule has 33 heavy (non-hydrogen) atoms. The van der Waals surface area contributed by atoms with E-state index in [4.69, 9.17) is 14.2 Å². The van der Waals surface area contributed by atoms with Crippen molar-refractivity contribution < 1.29 is 38.8 Å². The van der Waals surface area contributed by atoms with E-state index in [1.54, 1.807) is 39.8 Å². The molecule has 1 rings (SSSR count). The third kappa shape index (κ3) is 8.20. The Bertz CT molecular complexity index is 860. The van der Waals surface area contributed by atoms with Gasteiger partial charge < -0.3 is 24.4 Å². The van der Waals surface area contributed by atoms with Crippen molar-refractivity contribution in [3.63, 3.8) is 0 Å². The van der Waals surface area contributed by atoms with Crippen LogP contribution in [0.15, 0.2) is 29.8 Å². The van der Waals surface area contributed by atoms with Gasteiger partial charge in [-0.3, -0.25) is 9.59 Å². The van der Waals surface area contributed by atoms with E-state index < -0.39 is 30.8 Å². The second-order valence-corrected chi connectivity index (χ2v) is 8.26. The summed E-state index contributed by atoms with van der Waals surface area (Å²) in [6.45, 7) is 9.31. The fraction of sp³-hybridized carbons (Fsp3) is 0.560. The fourth-order valence-electron chi connectivity index (χ4n) is 2.64. The van der Waals surface area contributed by atoms with Crippen molar-refractivity contribution in [3.8, 4) is 5.75 Å². The van der Waals surface area contributed by atoms with Crippen molar-refractivity contribution in [2.45, 2.75) is 66.6 Å². The first-order valence-electron chi connectivity index (χ1n) is 11.2. The number of allylic oxidation sites excluding steroid dienone is 1. The van der Waals surface area contributed by atoms with Crippen molar-refractivity contribution in [1.82, 2.24) is 0 Å². The standard InChI is InChI=1S/C25H36O8/c1-7-16(4)22(27)31-13-19-10-11-20(21(26)12-19)25(30,14-32-23(28)17(5)8-2)15-33-24(29)18(6)9-3/h8,10-12,16,18,26,30H,7,9,13-15H2,1-6H3/t16-,18-,25+/m1/s1. The second-order valence-electron chi connectivity index (χ2n) is 8.26. The van der Waals surface area contributed by atoms with Crippen LogP contribution in [0.1, 0.15) is 65.5 Å². The largest absolute Gasteiger partial charge is 0.508 e. The van der Waals surface area contributed by atoms with Gasteiger partial charge in [0, 0.05) is 11.1 Å². The molecule has 0 aliphatic carbocycles. The van der Waals surface area contributed by atoms with Gasteiger partial charge in [0.05, 0.1) is 11.8 Å². The minimum absolute atomic E-state index is 0.0161. The van der Waals surface area contributed by atoms with Gasteiger partial charge in [0.15, 0.2) is 5.60 Å². The first-order valence-corrected chi connectivity index (χ1v) is 11.2. The zero-order valence-corrected chi connectivity index (χ0v) is 20.3. The number of rotatable bonds is 12. The molecule has 0 radical (unpaired) electrons. The molecule has 0 fully saturated rings. The summed E-state index contributed by atoms with van der Waals surface area (Å²) in [5.74, 6) is -2.43. The van der Waals surface area contributed by atoms with E-state index in [2.05, 4.69) is 0 Å². The molecule has 2 N–H and O–H groups in total. The van der Waals surface area contributed by atoms with E-state index >= 15 is 0 Å². The predicted molar refractivity (Wildman–Crippen MR) is 122 cm³/mol. The van der Waals surface area contributed by atoms with Crippen LogP contribution in [0.2, 0.25) is 0 Å². The lowest BCUT2D eigenvalue weighted by atomic mass is 9.93. The molecular weight excluding hydrogens is 428 g/mol. The molecule has 0 spiro atoms. The number of aromatic hydroxyl groups is 1. The number of ether oxygens (including phenoxy) is 3. The predicted octanol–water partition coefficient (Wildman–Crippen LogP) is 3.77. The maximum Gasteiger partial charge on any atom is 0.333 e. The van der Waals surface area contributed by atoms with Gasteiger partial charge in [0.2, 0.25) is 0 Å². The van der Waals surface area contributed by atoms with E-state index in [0.29, 0.717) is 24.0 Å². The van der Waals surface area contributed by atoms with Crippen molar-refractivity contribution in [1.29, 1.82) is 0 Å². The first-order chi connectivity index (χ1) is 15.5. The maximum atomic E-state index is 12.2. The minimum Gasteiger partial charge on any atom is -0.508 e. The van der Waals surface area contributed by atoms with Crippen molar-refractivity contribution in [2.24, 2.45) is 11.8 Å². The molecule has 0 bridgehead atoms. The minimum atomic E-state index is -1.98. The molecule has 0 unspecified atom stereocenters. The Morgan fingerprint density at radius 1 is 1.00 bits per heavy atom. The molecule has 0 saturated heterocycles. The summed E-state index contributed by atoms with van der Waals surface area (Å²) in [5, 5.41) is 21.9. The van der Waals surface area contributed by atoms with E-state index in [-0.39, 0.29) is 35.7 Å². The van der Waals surface area contributed by atoms with Crippen LogP contribution in [0.25, 0.3) is 0 Å². The normalized spacial score (nSPS) is 15.2. The lowest BCUT2D eigenvalue weighted by Crippen LogP contribution is -2.39. The van der Waals surface area contributed by atoms with Crippen LogP contribution in [0.3, 0.4) is 0 Å². The van der Waals surface area contributed by atoms with Gasteiger partial charge >= 0.3 is 17.9 Å². The number of phenolic OH excluding ortho intramolecular Hbond substituents is 1. The first kappa shape index (κ1) is 28.2. The molecule has 0 saturated carbocycles. The quantitative estimate of drug-likeness (QED) is 0.273. The fourth-order valence-corrected chi connectivity index (χ4v) is 2.64. The summed E-state index contributed by atoms with van der Waals surface area (Å²) in [5.41, 5.74) is -1.12. The number of esters is 3. The summed E-state index contributed by atoms with van der Waals surface area (Å²) >= 11 is 0. The number of hydrogen-bond donors (Lipinski definition) is 2. The second kappa shape index (κ2) is 13.0. The Morgan fingerprint density at radius 2 is 1.55 bits per heavy atom. The lowest BCUT2D eigenvalue weighted by molar-refractivity contribution is -0.165. The zero-order valence-electron chi connectivity index (χ0n) is 20.3. The van der Waals surface area contributed by atoms with Gasteiger partial charge in [-0.2, -0.15) is 0 Å². The Balaban J connectivity index is 3.11. The Morgan fingerprint density at radius 3 is 2.06 bits per heavy atom. The van der Waals surface area contributed by atoms with Gasteiger partial charge in [0.25, 0.3) is 0 Å². The van der Waals surface area contributed by atoms with Crippen molar-refractivity contribution in [3.05, 3.63) is 41.0 Å². The van der Waals surface area contributed by atoms with E-state index in [1.807, 2.05) is 13.8 Å². The van der Waals surface area contributed by atoms with Crippen molar-refractivity contribution >= 4 is 17.9 Å². The smallest absolute Gasteiger partial charge is 0.333 e. The maximum absolute atomic E-state index is 12.2. The van der Waals surface area contributed by atoms with Crippen LogP contribution in [0.4, 0.5) is 0 Å². The van der Waals surface area contributed by atoms with E-state index in [9.17, 15) is 24.6 Å². The van der Waals surface area contributed by atoms with Crippen LogP contribution >= 0.6 is 0 Å². The average Bonchev–Trinajstić information content (AvgIpc) is 2.82. The molecule has 0 aliphatic heterocycles. The molecule has 0 aliphatic rings. The van der Waals surface area contributed by atoms with Gasteiger partial charge in [-0.05, 0) is 38.3 Å². The summed E-state index contributed by atoms with van der Waals surface area (Å²) < 4.78 is 15.7. The number of carbonyl (C=O) groups excluding carboxylic acids is 3. The van der Waals surface area contributed by atoms with E-state index in [1.165, 1.54) is 12.1 Å². The number of benzene rings is 1. The molecule has 1 aromatic rings. The lowest BCUT2D eigenvalue weighted by Gasteiger charge is -2.29. The Kier molecular flexibility index (Phi) is 11.1.